The van der Waals surface area contributed by atoms with E-state index in [2.05, 4.69) is 0 Å². The van der Waals surface area contributed by atoms with E-state index in [0.29, 0.717) is 25.9 Å². The molecular weight excluding hydrogens is 296 g/mol. The normalized spacial score (nSPS) is 18.3. The van der Waals surface area contributed by atoms with E-state index in [9.17, 15) is 9.59 Å². The molecule has 0 aromatic rings. The molecule has 0 spiro atoms. The summed E-state index contributed by atoms with van der Waals surface area (Å²) < 4.78 is 10.8. The van der Waals surface area contributed by atoms with Gasteiger partial charge in [0, 0.05) is 25.7 Å². The minimum atomic E-state index is -0.515. The second-order valence-corrected chi connectivity index (χ2v) is 8.50. The Morgan fingerprint density at radius 3 is 1.78 bits per heavy atom. The average Bonchev–Trinajstić information content (AvgIpc) is 2.34. The van der Waals surface area contributed by atoms with Crippen molar-refractivity contribution in [2.45, 2.75) is 78.0 Å². The van der Waals surface area contributed by atoms with Crippen LogP contribution in [0.5, 0.6) is 0 Å². The number of hydrogen-bond acceptors (Lipinski definition) is 4. The zero-order chi connectivity index (χ0) is 18.1. The smallest absolute Gasteiger partial charge is 0.410 e. The third-order valence-electron chi connectivity index (χ3n) is 3.97. The van der Waals surface area contributed by atoms with Crippen molar-refractivity contribution in [3.05, 3.63) is 0 Å². The Morgan fingerprint density at radius 2 is 1.39 bits per heavy atom. The molecule has 1 rings (SSSR count). The van der Waals surface area contributed by atoms with Gasteiger partial charge in [-0.05, 0) is 61.3 Å². The minimum absolute atomic E-state index is 0.292. The number of likely N-dealkylation sites (tertiary alicyclic amines) is 1. The standard InChI is InChI=1S/C17H32N2O4/c1-15(2,3)22-13(20)18(8)17(7)9-11-19(12-10-17)14(21)23-16(4,5)6/h9-12H2,1-8H3. The molecule has 23 heavy (non-hydrogen) atoms. The predicted molar refractivity (Wildman–Crippen MR) is 89.4 cm³/mol. The number of nitrogens with zero attached hydrogens (tertiary/aromatic N) is 2. The molecule has 134 valence electrons. The van der Waals surface area contributed by atoms with Gasteiger partial charge in [0.25, 0.3) is 0 Å². The SMILES string of the molecule is CN(C(=O)OC(C)(C)C)C1(C)CCN(C(=O)OC(C)(C)C)CC1. The second-order valence-electron chi connectivity index (χ2n) is 8.50. The molecule has 0 radical (unpaired) electrons. The molecule has 1 aliphatic rings. The third-order valence-corrected chi connectivity index (χ3v) is 3.97. The fourth-order valence-electron chi connectivity index (χ4n) is 2.38. The fraction of sp³-hybridized carbons (Fsp3) is 0.882. The lowest BCUT2D eigenvalue weighted by atomic mass is 9.88. The molecule has 1 saturated heterocycles. The Labute approximate surface area is 140 Å². The topological polar surface area (TPSA) is 59.1 Å². The Balaban J connectivity index is 2.62. The summed E-state index contributed by atoms with van der Waals surface area (Å²) in [5.41, 5.74) is -1.33. The highest BCUT2D eigenvalue weighted by atomic mass is 16.6. The van der Waals surface area contributed by atoms with E-state index >= 15 is 0 Å². The van der Waals surface area contributed by atoms with Crippen LogP contribution in [0.15, 0.2) is 0 Å². The van der Waals surface area contributed by atoms with Crippen LogP contribution >= 0.6 is 0 Å². The van der Waals surface area contributed by atoms with E-state index in [0.717, 1.165) is 0 Å². The lowest BCUT2D eigenvalue weighted by molar-refractivity contribution is -0.0141. The van der Waals surface area contributed by atoms with Gasteiger partial charge < -0.3 is 19.3 Å². The van der Waals surface area contributed by atoms with Gasteiger partial charge in [-0.2, -0.15) is 0 Å². The zero-order valence-corrected chi connectivity index (χ0v) is 15.9. The van der Waals surface area contributed by atoms with E-state index in [4.69, 9.17) is 9.47 Å². The van der Waals surface area contributed by atoms with Crippen LogP contribution < -0.4 is 0 Å². The van der Waals surface area contributed by atoms with Crippen molar-refractivity contribution in [2.24, 2.45) is 0 Å². The molecule has 0 atom stereocenters. The first-order chi connectivity index (χ1) is 10.2. The van der Waals surface area contributed by atoms with Gasteiger partial charge in [-0.1, -0.05) is 0 Å². The highest BCUT2D eigenvalue weighted by Gasteiger charge is 2.39. The number of amides is 2. The van der Waals surface area contributed by atoms with Gasteiger partial charge in [0.2, 0.25) is 0 Å². The molecule has 0 aromatic heterocycles. The zero-order valence-electron chi connectivity index (χ0n) is 15.9. The molecule has 6 heteroatoms. The maximum Gasteiger partial charge on any atom is 0.410 e. The van der Waals surface area contributed by atoms with Crippen LogP contribution in [0.2, 0.25) is 0 Å². The lowest BCUT2D eigenvalue weighted by Crippen LogP contribution is -2.56. The van der Waals surface area contributed by atoms with Crippen LogP contribution in [0.4, 0.5) is 9.59 Å². The molecule has 1 aliphatic heterocycles. The molecule has 0 unspecified atom stereocenters. The highest BCUT2D eigenvalue weighted by Crippen LogP contribution is 2.29. The molecule has 0 aliphatic carbocycles. The third kappa shape index (κ3) is 5.92. The van der Waals surface area contributed by atoms with Crippen LogP contribution in [-0.2, 0) is 9.47 Å². The first-order valence-corrected chi connectivity index (χ1v) is 8.18. The summed E-state index contributed by atoms with van der Waals surface area (Å²) in [5, 5.41) is 0. The first-order valence-electron chi connectivity index (χ1n) is 8.18. The summed E-state index contributed by atoms with van der Waals surface area (Å²) in [7, 11) is 1.76. The number of carbonyl (C=O) groups is 2. The van der Waals surface area contributed by atoms with E-state index in [1.54, 1.807) is 16.8 Å². The van der Waals surface area contributed by atoms with Crippen LogP contribution in [0.1, 0.15) is 61.3 Å². The first kappa shape index (κ1) is 19.6. The van der Waals surface area contributed by atoms with E-state index in [1.165, 1.54) is 0 Å². The minimum Gasteiger partial charge on any atom is -0.444 e. The van der Waals surface area contributed by atoms with Gasteiger partial charge in [-0.25, -0.2) is 9.59 Å². The molecule has 2 amide bonds. The van der Waals surface area contributed by atoms with Gasteiger partial charge >= 0.3 is 12.2 Å². The van der Waals surface area contributed by atoms with Crippen molar-refractivity contribution in [3.8, 4) is 0 Å². The number of hydrogen-bond donors (Lipinski definition) is 0. The van der Waals surface area contributed by atoms with Crippen LogP contribution in [0, 0.1) is 0 Å². The fourth-order valence-corrected chi connectivity index (χ4v) is 2.38. The molecule has 1 heterocycles. The molecule has 0 saturated carbocycles. The summed E-state index contributed by atoms with van der Waals surface area (Å²) >= 11 is 0. The van der Waals surface area contributed by atoms with Crippen LogP contribution in [-0.4, -0.2) is 58.9 Å². The molecule has 0 aromatic carbocycles. The molecule has 6 nitrogen and oxygen atoms in total. The second kappa shape index (κ2) is 6.57. The summed E-state index contributed by atoms with van der Waals surface area (Å²) in [6.07, 6.45) is 0.773. The summed E-state index contributed by atoms with van der Waals surface area (Å²) in [6.45, 7) is 14.3. The number of carbonyl (C=O) groups excluding carboxylic acids is 2. The number of piperidine rings is 1. The van der Waals surface area contributed by atoms with Crippen molar-refractivity contribution in [1.29, 1.82) is 0 Å². The van der Waals surface area contributed by atoms with Crippen molar-refractivity contribution in [2.75, 3.05) is 20.1 Å². The van der Waals surface area contributed by atoms with Crippen molar-refractivity contribution in [1.82, 2.24) is 9.80 Å². The predicted octanol–water partition coefficient (Wildman–Crippen LogP) is 3.64. The summed E-state index contributed by atoms with van der Waals surface area (Å²) in [5.74, 6) is 0. The molecule has 0 N–H and O–H groups in total. The maximum absolute atomic E-state index is 12.3. The van der Waals surface area contributed by atoms with E-state index in [1.807, 2.05) is 48.5 Å². The highest BCUT2D eigenvalue weighted by molar-refractivity contribution is 5.70. The van der Waals surface area contributed by atoms with Gasteiger partial charge in [0.1, 0.15) is 11.2 Å². The van der Waals surface area contributed by atoms with Crippen molar-refractivity contribution in [3.63, 3.8) is 0 Å². The molecule has 1 fully saturated rings. The Morgan fingerprint density at radius 1 is 0.957 bits per heavy atom. The maximum atomic E-state index is 12.3. The average molecular weight is 328 g/mol. The number of rotatable bonds is 1. The quantitative estimate of drug-likeness (QED) is 0.737. The van der Waals surface area contributed by atoms with Gasteiger partial charge in [-0.15, -0.1) is 0 Å². The van der Waals surface area contributed by atoms with E-state index < -0.39 is 11.2 Å². The number of ether oxygens (including phenoxy) is 2. The van der Waals surface area contributed by atoms with Crippen molar-refractivity contribution >= 4 is 12.2 Å². The lowest BCUT2D eigenvalue weighted by Gasteiger charge is -2.45. The summed E-state index contributed by atoms with van der Waals surface area (Å²) in [4.78, 5) is 27.7. The van der Waals surface area contributed by atoms with Gasteiger partial charge in [0.15, 0.2) is 0 Å². The monoisotopic (exact) mass is 328 g/mol. The van der Waals surface area contributed by atoms with Gasteiger partial charge in [0.05, 0.1) is 0 Å². The van der Waals surface area contributed by atoms with Crippen LogP contribution in [0.3, 0.4) is 0 Å². The Hall–Kier alpha value is -1.46. The Bertz CT molecular complexity index is 440. The van der Waals surface area contributed by atoms with Crippen molar-refractivity contribution < 1.29 is 19.1 Å². The van der Waals surface area contributed by atoms with Gasteiger partial charge in [-0.3, -0.25) is 0 Å². The molecular formula is C17H32N2O4. The molecule has 0 bridgehead atoms. The van der Waals surface area contributed by atoms with Crippen LogP contribution in [0.25, 0.3) is 0 Å². The largest absolute Gasteiger partial charge is 0.444 e. The van der Waals surface area contributed by atoms with E-state index in [-0.39, 0.29) is 17.7 Å². The Kier molecular flexibility index (Phi) is 5.60. The summed E-state index contributed by atoms with van der Waals surface area (Å²) in [6, 6.07) is 0.